The fourth-order valence-electron chi connectivity index (χ4n) is 3.47. The van der Waals surface area contributed by atoms with Crippen LogP contribution in [0, 0.1) is 5.82 Å². The Labute approximate surface area is 143 Å². The van der Waals surface area contributed by atoms with E-state index in [2.05, 4.69) is 39.1 Å². The van der Waals surface area contributed by atoms with Gasteiger partial charge in [0.1, 0.15) is 5.82 Å². The van der Waals surface area contributed by atoms with E-state index in [-0.39, 0.29) is 22.6 Å². The van der Waals surface area contributed by atoms with Crippen LogP contribution in [-0.4, -0.2) is 5.91 Å². The van der Waals surface area contributed by atoms with E-state index in [1.807, 2.05) is 12.1 Å². The third-order valence-electron chi connectivity index (χ3n) is 5.22. The number of hydrogen-bond acceptors (Lipinski definition) is 1. The van der Waals surface area contributed by atoms with Crippen LogP contribution in [0.1, 0.15) is 62.0 Å². The van der Waals surface area contributed by atoms with Crippen LogP contribution in [0.15, 0.2) is 42.5 Å². The van der Waals surface area contributed by atoms with Gasteiger partial charge in [-0.05, 0) is 71.2 Å². The van der Waals surface area contributed by atoms with Crippen LogP contribution in [-0.2, 0) is 10.8 Å². The first kappa shape index (κ1) is 16.7. The predicted octanol–water partition coefficient (Wildman–Crippen LogP) is 5.43. The first-order chi connectivity index (χ1) is 11.2. The van der Waals surface area contributed by atoms with Crippen molar-refractivity contribution in [1.82, 2.24) is 0 Å². The SMILES string of the molecule is CC1(C)CCC(C)(C)c2cc(C(=O)Nc3ccc(F)cc3)ccc21. The van der Waals surface area contributed by atoms with Crippen LogP contribution in [0.2, 0.25) is 0 Å². The predicted molar refractivity (Wildman–Crippen MR) is 96.1 cm³/mol. The topological polar surface area (TPSA) is 29.1 Å². The summed E-state index contributed by atoms with van der Waals surface area (Å²) in [6.07, 6.45) is 2.25. The summed E-state index contributed by atoms with van der Waals surface area (Å²) in [5.41, 5.74) is 4.03. The maximum atomic E-state index is 13.0. The van der Waals surface area contributed by atoms with Crippen molar-refractivity contribution < 1.29 is 9.18 Å². The molecular weight excluding hydrogens is 301 g/mol. The van der Waals surface area contributed by atoms with Gasteiger partial charge in [0, 0.05) is 11.3 Å². The van der Waals surface area contributed by atoms with Gasteiger partial charge in [-0.1, -0.05) is 33.8 Å². The van der Waals surface area contributed by atoms with E-state index in [9.17, 15) is 9.18 Å². The van der Waals surface area contributed by atoms with Gasteiger partial charge in [0.25, 0.3) is 5.91 Å². The van der Waals surface area contributed by atoms with Gasteiger partial charge in [0.2, 0.25) is 0 Å². The van der Waals surface area contributed by atoms with E-state index in [0.29, 0.717) is 11.3 Å². The molecule has 1 N–H and O–H groups in total. The monoisotopic (exact) mass is 325 g/mol. The Morgan fingerprint density at radius 3 is 2.12 bits per heavy atom. The van der Waals surface area contributed by atoms with Crippen molar-refractivity contribution in [2.45, 2.75) is 51.4 Å². The number of halogens is 1. The van der Waals surface area contributed by atoms with Crippen LogP contribution in [0.25, 0.3) is 0 Å². The number of benzene rings is 2. The van der Waals surface area contributed by atoms with Gasteiger partial charge >= 0.3 is 0 Å². The quantitative estimate of drug-likeness (QED) is 0.784. The van der Waals surface area contributed by atoms with E-state index in [1.165, 1.54) is 23.3 Å². The van der Waals surface area contributed by atoms with Crippen LogP contribution in [0.5, 0.6) is 0 Å². The van der Waals surface area contributed by atoms with Crippen LogP contribution in [0.4, 0.5) is 10.1 Å². The second-order valence-corrected chi connectivity index (χ2v) is 7.99. The molecule has 0 spiro atoms. The molecule has 24 heavy (non-hydrogen) atoms. The molecule has 2 aromatic carbocycles. The molecule has 1 aliphatic rings. The van der Waals surface area contributed by atoms with Crippen molar-refractivity contribution in [3.05, 3.63) is 65.0 Å². The number of carbonyl (C=O) groups is 1. The number of carbonyl (C=O) groups excluding carboxylic acids is 1. The standard InChI is InChI=1S/C21H24FNO/c1-20(2)11-12-21(3,4)18-13-14(5-10-17(18)20)19(24)23-16-8-6-15(22)7-9-16/h5-10,13H,11-12H2,1-4H3,(H,23,24). The van der Waals surface area contributed by atoms with Crippen molar-refractivity contribution in [1.29, 1.82) is 0 Å². The molecule has 3 rings (SSSR count). The van der Waals surface area contributed by atoms with Crippen molar-refractivity contribution in [3.8, 4) is 0 Å². The molecule has 0 saturated carbocycles. The summed E-state index contributed by atoms with van der Waals surface area (Å²) in [6.45, 7) is 9.00. The highest BCUT2D eigenvalue weighted by atomic mass is 19.1. The Bertz CT molecular complexity index is 775. The second kappa shape index (κ2) is 5.73. The molecular formula is C21H24FNO. The highest BCUT2D eigenvalue weighted by molar-refractivity contribution is 6.04. The lowest BCUT2D eigenvalue weighted by Gasteiger charge is -2.42. The van der Waals surface area contributed by atoms with Gasteiger partial charge in [-0.2, -0.15) is 0 Å². The molecule has 0 aliphatic heterocycles. The third-order valence-corrected chi connectivity index (χ3v) is 5.22. The number of amides is 1. The van der Waals surface area contributed by atoms with Crippen molar-refractivity contribution >= 4 is 11.6 Å². The summed E-state index contributed by atoms with van der Waals surface area (Å²) in [6, 6.07) is 11.8. The lowest BCUT2D eigenvalue weighted by atomic mass is 9.63. The average Bonchev–Trinajstić information content (AvgIpc) is 2.54. The summed E-state index contributed by atoms with van der Waals surface area (Å²) in [7, 11) is 0. The van der Waals surface area contributed by atoms with Crippen molar-refractivity contribution in [3.63, 3.8) is 0 Å². The van der Waals surface area contributed by atoms with Crippen molar-refractivity contribution in [2.75, 3.05) is 5.32 Å². The Morgan fingerprint density at radius 1 is 0.917 bits per heavy atom. The van der Waals surface area contributed by atoms with Gasteiger partial charge in [-0.25, -0.2) is 4.39 Å². The Kier molecular flexibility index (Phi) is 3.98. The smallest absolute Gasteiger partial charge is 0.255 e. The molecule has 1 amide bonds. The third kappa shape index (κ3) is 3.08. The molecule has 0 heterocycles. The van der Waals surface area contributed by atoms with Crippen LogP contribution in [0.3, 0.4) is 0 Å². The maximum Gasteiger partial charge on any atom is 0.255 e. The molecule has 2 aromatic rings. The Balaban J connectivity index is 1.92. The number of fused-ring (bicyclic) bond motifs is 1. The van der Waals surface area contributed by atoms with Gasteiger partial charge in [-0.15, -0.1) is 0 Å². The van der Waals surface area contributed by atoms with Gasteiger partial charge in [-0.3, -0.25) is 4.79 Å². The van der Waals surface area contributed by atoms with E-state index in [4.69, 9.17) is 0 Å². The summed E-state index contributed by atoms with van der Waals surface area (Å²) in [5.74, 6) is -0.477. The highest BCUT2D eigenvalue weighted by Crippen LogP contribution is 2.45. The summed E-state index contributed by atoms with van der Waals surface area (Å²) < 4.78 is 13.0. The maximum absolute atomic E-state index is 13.0. The summed E-state index contributed by atoms with van der Waals surface area (Å²) in [4.78, 5) is 12.6. The lowest BCUT2D eigenvalue weighted by Crippen LogP contribution is -2.34. The molecule has 0 fully saturated rings. The molecule has 0 unspecified atom stereocenters. The van der Waals surface area contributed by atoms with Crippen molar-refractivity contribution in [2.24, 2.45) is 0 Å². The zero-order valence-electron chi connectivity index (χ0n) is 14.7. The zero-order chi connectivity index (χ0) is 17.5. The Morgan fingerprint density at radius 2 is 1.50 bits per heavy atom. The number of rotatable bonds is 2. The Hall–Kier alpha value is -2.16. The minimum atomic E-state index is -0.314. The number of anilines is 1. The van der Waals surface area contributed by atoms with E-state index >= 15 is 0 Å². The first-order valence-electron chi connectivity index (χ1n) is 8.41. The zero-order valence-corrected chi connectivity index (χ0v) is 14.7. The van der Waals surface area contributed by atoms with Crippen LogP contribution >= 0.6 is 0 Å². The van der Waals surface area contributed by atoms with Gasteiger partial charge in [0.05, 0.1) is 0 Å². The molecule has 126 valence electrons. The second-order valence-electron chi connectivity index (χ2n) is 7.99. The van der Waals surface area contributed by atoms with Crippen LogP contribution < -0.4 is 5.32 Å². The minimum Gasteiger partial charge on any atom is -0.322 e. The number of hydrogen-bond donors (Lipinski definition) is 1. The summed E-state index contributed by atoms with van der Waals surface area (Å²) in [5, 5.41) is 2.83. The average molecular weight is 325 g/mol. The summed E-state index contributed by atoms with van der Waals surface area (Å²) >= 11 is 0. The largest absolute Gasteiger partial charge is 0.322 e. The molecule has 3 heteroatoms. The molecule has 1 aliphatic carbocycles. The molecule has 0 radical (unpaired) electrons. The fourth-order valence-corrected chi connectivity index (χ4v) is 3.47. The van der Waals surface area contributed by atoms with Gasteiger partial charge in [0.15, 0.2) is 0 Å². The molecule has 0 atom stereocenters. The number of nitrogens with one attached hydrogen (secondary N) is 1. The normalized spacial score (nSPS) is 17.9. The molecule has 0 saturated heterocycles. The highest BCUT2D eigenvalue weighted by Gasteiger charge is 2.37. The van der Waals surface area contributed by atoms with E-state index in [1.54, 1.807) is 12.1 Å². The molecule has 0 aromatic heterocycles. The first-order valence-corrected chi connectivity index (χ1v) is 8.41. The molecule has 2 nitrogen and oxygen atoms in total. The van der Waals surface area contributed by atoms with E-state index in [0.717, 1.165) is 12.8 Å². The van der Waals surface area contributed by atoms with E-state index < -0.39 is 0 Å². The minimum absolute atomic E-state index is 0.0665. The molecule has 0 bridgehead atoms. The lowest BCUT2D eigenvalue weighted by molar-refractivity contribution is 0.102. The van der Waals surface area contributed by atoms with Gasteiger partial charge < -0.3 is 5.32 Å². The fraction of sp³-hybridized carbons (Fsp3) is 0.381.